The van der Waals surface area contributed by atoms with Gasteiger partial charge >= 0.3 is 0 Å². The molecular weight excluding hydrogens is 210 g/mol. The number of nitrogens with two attached hydrogens (primary N) is 1. The van der Waals surface area contributed by atoms with Crippen molar-refractivity contribution in [1.29, 1.82) is 5.41 Å². The van der Waals surface area contributed by atoms with Gasteiger partial charge in [0.2, 0.25) is 0 Å². The van der Waals surface area contributed by atoms with Gasteiger partial charge < -0.3 is 10.6 Å². The van der Waals surface area contributed by atoms with E-state index in [2.05, 4.69) is 17.9 Å². The highest BCUT2D eigenvalue weighted by Gasteiger charge is 2.19. The summed E-state index contributed by atoms with van der Waals surface area (Å²) in [6, 6.07) is 8.54. The van der Waals surface area contributed by atoms with Crippen molar-refractivity contribution in [2.45, 2.75) is 38.6 Å². The molecule has 1 saturated heterocycles. The molecule has 0 aromatic heterocycles. The Balaban J connectivity index is 2.34. The van der Waals surface area contributed by atoms with E-state index in [1.807, 2.05) is 18.2 Å². The summed E-state index contributed by atoms with van der Waals surface area (Å²) < 4.78 is 0. The van der Waals surface area contributed by atoms with Gasteiger partial charge in [-0.05, 0) is 31.9 Å². The van der Waals surface area contributed by atoms with Crippen LogP contribution in [0.5, 0.6) is 0 Å². The Labute approximate surface area is 103 Å². The number of hydrogen-bond donors (Lipinski definition) is 2. The zero-order valence-electron chi connectivity index (χ0n) is 10.4. The van der Waals surface area contributed by atoms with Gasteiger partial charge in [-0.25, -0.2) is 0 Å². The molecule has 3 N–H and O–H groups in total. The fourth-order valence-electron chi connectivity index (χ4n) is 2.58. The highest BCUT2D eigenvalue weighted by atomic mass is 15.2. The van der Waals surface area contributed by atoms with Gasteiger partial charge in [0.1, 0.15) is 5.84 Å². The van der Waals surface area contributed by atoms with Crippen molar-refractivity contribution in [2.24, 2.45) is 5.73 Å². The van der Waals surface area contributed by atoms with Gasteiger partial charge in [0, 0.05) is 23.8 Å². The SMILES string of the molecule is CC1CCCCCN1c1ccccc1C(=N)N. The average Bonchev–Trinajstić information content (AvgIpc) is 2.54. The van der Waals surface area contributed by atoms with Crippen LogP contribution in [0.1, 0.15) is 38.2 Å². The van der Waals surface area contributed by atoms with Crippen molar-refractivity contribution in [2.75, 3.05) is 11.4 Å². The first-order valence-corrected chi connectivity index (χ1v) is 6.40. The summed E-state index contributed by atoms with van der Waals surface area (Å²) in [5.74, 6) is 0.164. The molecule has 1 aromatic rings. The fraction of sp³-hybridized carbons (Fsp3) is 0.500. The lowest BCUT2D eigenvalue weighted by atomic mass is 10.1. The predicted octanol–water partition coefficient (Wildman–Crippen LogP) is 2.74. The molecule has 1 heterocycles. The molecule has 0 amide bonds. The van der Waals surface area contributed by atoms with Gasteiger partial charge in [-0.1, -0.05) is 25.0 Å². The van der Waals surface area contributed by atoms with E-state index in [-0.39, 0.29) is 5.84 Å². The van der Waals surface area contributed by atoms with Crippen LogP contribution in [-0.4, -0.2) is 18.4 Å². The molecule has 1 aliphatic rings. The molecule has 1 fully saturated rings. The highest BCUT2D eigenvalue weighted by molar-refractivity contribution is 6.00. The molecule has 92 valence electrons. The summed E-state index contributed by atoms with van der Waals surface area (Å²) in [5, 5.41) is 7.67. The van der Waals surface area contributed by atoms with E-state index in [4.69, 9.17) is 11.1 Å². The van der Waals surface area contributed by atoms with Gasteiger partial charge in [-0.15, -0.1) is 0 Å². The number of para-hydroxylation sites is 1. The predicted molar refractivity (Wildman–Crippen MR) is 72.7 cm³/mol. The third-order valence-corrected chi connectivity index (χ3v) is 3.56. The molecule has 17 heavy (non-hydrogen) atoms. The second kappa shape index (κ2) is 5.21. The average molecular weight is 231 g/mol. The van der Waals surface area contributed by atoms with E-state index in [1.165, 1.54) is 25.7 Å². The Bertz CT molecular complexity index is 400. The van der Waals surface area contributed by atoms with E-state index in [0.29, 0.717) is 6.04 Å². The van der Waals surface area contributed by atoms with Crippen molar-refractivity contribution in [3.05, 3.63) is 29.8 Å². The Morgan fingerprint density at radius 3 is 2.82 bits per heavy atom. The lowest BCUT2D eigenvalue weighted by molar-refractivity contribution is 0.616. The van der Waals surface area contributed by atoms with E-state index >= 15 is 0 Å². The lowest BCUT2D eigenvalue weighted by Gasteiger charge is -2.31. The molecule has 0 radical (unpaired) electrons. The van der Waals surface area contributed by atoms with E-state index in [9.17, 15) is 0 Å². The minimum atomic E-state index is 0.164. The van der Waals surface area contributed by atoms with Gasteiger partial charge in [-0.3, -0.25) is 5.41 Å². The zero-order chi connectivity index (χ0) is 12.3. The second-order valence-electron chi connectivity index (χ2n) is 4.82. The normalized spacial score (nSPS) is 21.0. The van der Waals surface area contributed by atoms with Crippen LogP contribution in [0.25, 0.3) is 0 Å². The number of nitrogens with zero attached hydrogens (tertiary/aromatic N) is 1. The topological polar surface area (TPSA) is 53.1 Å². The van der Waals surface area contributed by atoms with E-state index in [0.717, 1.165) is 17.8 Å². The smallest absolute Gasteiger partial charge is 0.124 e. The highest BCUT2D eigenvalue weighted by Crippen LogP contribution is 2.26. The van der Waals surface area contributed by atoms with E-state index < -0.39 is 0 Å². The molecule has 0 aliphatic carbocycles. The Kier molecular flexibility index (Phi) is 3.67. The Hall–Kier alpha value is -1.51. The lowest BCUT2D eigenvalue weighted by Crippen LogP contribution is -2.34. The van der Waals surface area contributed by atoms with Crippen molar-refractivity contribution in [1.82, 2.24) is 0 Å². The van der Waals surface area contributed by atoms with Gasteiger partial charge in [0.25, 0.3) is 0 Å². The fourth-order valence-corrected chi connectivity index (χ4v) is 2.58. The van der Waals surface area contributed by atoms with Crippen molar-refractivity contribution in [3.63, 3.8) is 0 Å². The largest absolute Gasteiger partial charge is 0.384 e. The van der Waals surface area contributed by atoms with Crippen molar-refractivity contribution < 1.29 is 0 Å². The zero-order valence-corrected chi connectivity index (χ0v) is 10.4. The minimum absolute atomic E-state index is 0.164. The van der Waals surface area contributed by atoms with Crippen LogP contribution in [0.4, 0.5) is 5.69 Å². The maximum Gasteiger partial charge on any atom is 0.124 e. The standard InChI is InChI=1S/C14H21N3/c1-11-7-3-2-6-10-17(11)13-9-5-4-8-12(13)14(15)16/h4-5,8-9,11H,2-3,6-7,10H2,1H3,(H3,15,16). The van der Waals surface area contributed by atoms with Crippen LogP contribution in [-0.2, 0) is 0 Å². The molecular formula is C14H21N3. The van der Waals surface area contributed by atoms with Crippen molar-refractivity contribution >= 4 is 11.5 Å². The number of rotatable bonds is 2. The first-order chi connectivity index (χ1) is 8.20. The summed E-state index contributed by atoms with van der Waals surface area (Å²) in [6.45, 7) is 3.34. The Morgan fingerprint density at radius 2 is 2.06 bits per heavy atom. The van der Waals surface area contributed by atoms with E-state index in [1.54, 1.807) is 0 Å². The number of nitrogen functional groups attached to an aromatic ring is 1. The number of hydrogen-bond acceptors (Lipinski definition) is 2. The van der Waals surface area contributed by atoms with Crippen LogP contribution in [0, 0.1) is 5.41 Å². The minimum Gasteiger partial charge on any atom is -0.384 e. The molecule has 3 nitrogen and oxygen atoms in total. The summed E-state index contributed by atoms with van der Waals surface area (Å²) in [6.07, 6.45) is 5.08. The first-order valence-electron chi connectivity index (χ1n) is 6.40. The van der Waals surface area contributed by atoms with Crippen LogP contribution >= 0.6 is 0 Å². The molecule has 1 aliphatic heterocycles. The Morgan fingerprint density at radius 1 is 1.29 bits per heavy atom. The second-order valence-corrected chi connectivity index (χ2v) is 4.82. The van der Waals surface area contributed by atoms with Crippen LogP contribution in [0.15, 0.2) is 24.3 Å². The van der Waals surface area contributed by atoms with Crippen LogP contribution in [0.3, 0.4) is 0 Å². The van der Waals surface area contributed by atoms with Crippen LogP contribution < -0.4 is 10.6 Å². The molecule has 0 saturated carbocycles. The summed E-state index contributed by atoms with van der Waals surface area (Å²) >= 11 is 0. The quantitative estimate of drug-likeness (QED) is 0.607. The number of anilines is 1. The summed E-state index contributed by atoms with van der Waals surface area (Å²) in [5.41, 5.74) is 7.64. The molecule has 1 unspecified atom stereocenters. The third kappa shape index (κ3) is 2.60. The van der Waals surface area contributed by atoms with Gasteiger partial charge in [-0.2, -0.15) is 0 Å². The molecule has 0 bridgehead atoms. The summed E-state index contributed by atoms with van der Waals surface area (Å²) in [4.78, 5) is 2.41. The molecule has 1 atom stereocenters. The monoisotopic (exact) mass is 231 g/mol. The molecule has 3 heteroatoms. The maximum atomic E-state index is 7.67. The number of benzene rings is 1. The maximum absolute atomic E-state index is 7.67. The molecule has 2 rings (SSSR count). The third-order valence-electron chi connectivity index (χ3n) is 3.56. The molecule has 0 spiro atoms. The number of amidine groups is 1. The van der Waals surface area contributed by atoms with Gasteiger partial charge in [0.15, 0.2) is 0 Å². The summed E-state index contributed by atoms with van der Waals surface area (Å²) in [7, 11) is 0. The first kappa shape index (κ1) is 12.0. The van der Waals surface area contributed by atoms with Crippen molar-refractivity contribution in [3.8, 4) is 0 Å². The van der Waals surface area contributed by atoms with Gasteiger partial charge in [0.05, 0.1) is 0 Å². The van der Waals surface area contributed by atoms with Crippen LogP contribution in [0.2, 0.25) is 0 Å². The number of nitrogens with one attached hydrogen (secondary N) is 1. The molecule has 1 aromatic carbocycles.